The van der Waals surface area contributed by atoms with E-state index in [1.54, 1.807) is 7.05 Å². The summed E-state index contributed by atoms with van der Waals surface area (Å²) in [5.41, 5.74) is 0.257. The van der Waals surface area contributed by atoms with E-state index in [-0.39, 0.29) is 23.0 Å². The molecule has 2 aromatic heterocycles. The molecule has 9 nitrogen and oxygen atoms in total. The van der Waals surface area contributed by atoms with E-state index in [1.165, 1.54) is 30.2 Å². The molecule has 2 rings (SSSR count). The topological polar surface area (TPSA) is 122 Å². The molecule has 0 fully saturated rings. The van der Waals surface area contributed by atoms with Crippen LogP contribution in [0, 0.1) is 0 Å². The largest absolute Gasteiger partial charge is 0.354 e. The summed E-state index contributed by atoms with van der Waals surface area (Å²) in [6.07, 6.45) is 2.66. The molecular weight excluding hydrogens is 284 g/mol. The number of hydrogen-bond acceptors (Lipinski definition) is 5. The highest BCUT2D eigenvalue weighted by molar-refractivity contribution is 7.89. The third-order valence-corrected chi connectivity index (χ3v) is 4.01. The van der Waals surface area contributed by atoms with Crippen molar-refractivity contribution in [3.8, 4) is 0 Å². The third-order valence-electron chi connectivity index (χ3n) is 2.64. The molecule has 1 amide bonds. The lowest BCUT2D eigenvalue weighted by Gasteiger charge is -2.01. The first kappa shape index (κ1) is 14.2. The zero-order valence-corrected chi connectivity index (χ0v) is 11.7. The van der Waals surface area contributed by atoms with Crippen LogP contribution in [0.15, 0.2) is 23.5 Å². The normalized spacial score (nSPS) is 11.5. The minimum atomic E-state index is -3.72. The maximum atomic E-state index is 12.1. The van der Waals surface area contributed by atoms with Crippen LogP contribution in [0.5, 0.6) is 0 Å². The Kier molecular flexibility index (Phi) is 3.86. The predicted octanol–water partition coefficient (Wildman–Crippen LogP) is -1.02. The van der Waals surface area contributed by atoms with E-state index in [1.807, 2.05) is 0 Å². The molecule has 10 heteroatoms. The molecule has 2 heterocycles. The van der Waals surface area contributed by atoms with E-state index in [0.29, 0.717) is 5.82 Å². The van der Waals surface area contributed by atoms with Gasteiger partial charge in [0.15, 0.2) is 0 Å². The second kappa shape index (κ2) is 5.43. The number of nitrogens with one attached hydrogen (secondary N) is 3. The first-order valence-corrected chi connectivity index (χ1v) is 7.14. The number of aromatic amines is 1. The first-order valence-electron chi connectivity index (χ1n) is 5.66. The van der Waals surface area contributed by atoms with Gasteiger partial charge in [-0.1, -0.05) is 0 Å². The monoisotopic (exact) mass is 298 g/mol. The van der Waals surface area contributed by atoms with Crippen molar-refractivity contribution >= 4 is 15.9 Å². The van der Waals surface area contributed by atoms with Crippen molar-refractivity contribution in [2.75, 3.05) is 7.05 Å². The number of nitrogens with zero attached hydrogens (tertiary/aromatic N) is 3. The molecule has 2 aromatic rings. The summed E-state index contributed by atoms with van der Waals surface area (Å²) in [5.74, 6) is 0.0419. The Hall–Kier alpha value is -2.20. The van der Waals surface area contributed by atoms with E-state index in [9.17, 15) is 13.2 Å². The lowest BCUT2D eigenvalue weighted by atomic mass is 10.4. The summed E-state index contributed by atoms with van der Waals surface area (Å²) < 4.78 is 28.0. The number of aromatic nitrogens is 4. The third kappa shape index (κ3) is 2.86. The molecule has 0 saturated heterocycles. The molecule has 3 N–H and O–H groups in total. The Morgan fingerprint density at radius 3 is 2.85 bits per heavy atom. The number of amides is 1. The average Bonchev–Trinajstić information content (AvgIpc) is 3.05. The Labute approximate surface area is 115 Å². The van der Waals surface area contributed by atoms with Gasteiger partial charge >= 0.3 is 0 Å². The SMILES string of the molecule is CNC(=O)c1cc(S(=O)(=O)NCc2ncn[nH]2)cn1C. The lowest BCUT2D eigenvalue weighted by Crippen LogP contribution is -2.23. The summed E-state index contributed by atoms with van der Waals surface area (Å²) in [4.78, 5) is 15.4. The summed E-state index contributed by atoms with van der Waals surface area (Å²) in [7, 11) is -0.643. The van der Waals surface area contributed by atoms with Crippen LogP contribution in [-0.4, -0.2) is 41.1 Å². The molecule has 20 heavy (non-hydrogen) atoms. The van der Waals surface area contributed by atoms with Gasteiger partial charge in [0.05, 0.1) is 6.54 Å². The highest BCUT2D eigenvalue weighted by Gasteiger charge is 2.20. The van der Waals surface area contributed by atoms with Gasteiger partial charge < -0.3 is 9.88 Å². The molecule has 0 aliphatic heterocycles. The van der Waals surface area contributed by atoms with Gasteiger partial charge in [0, 0.05) is 20.3 Å². The van der Waals surface area contributed by atoms with Crippen molar-refractivity contribution in [3.63, 3.8) is 0 Å². The molecule has 0 aromatic carbocycles. The van der Waals surface area contributed by atoms with Crippen LogP contribution in [0.1, 0.15) is 16.3 Å². The van der Waals surface area contributed by atoms with E-state index >= 15 is 0 Å². The van der Waals surface area contributed by atoms with E-state index in [0.717, 1.165) is 0 Å². The summed E-state index contributed by atoms with van der Waals surface area (Å²) in [5, 5.41) is 8.61. The fraction of sp³-hybridized carbons (Fsp3) is 0.300. The Bertz CT molecular complexity index is 703. The highest BCUT2D eigenvalue weighted by Crippen LogP contribution is 2.13. The second-order valence-electron chi connectivity index (χ2n) is 4.01. The smallest absolute Gasteiger partial charge is 0.267 e. The van der Waals surface area contributed by atoms with Gasteiger partial charge in [-0.25, -0.2) is 18.1 Å². The van der Waals surface area contributed by atoms with Crippen LogP contribution in [0.2, 0.25) is 0 Å². The van der Waals surface area contributed by atoms with Gasteiger partial charge in [-0.3, -0.25) is 9.89 Å². The van der Waals surface area contributed by atoms with Crippen molar-refractivity contribution in [3.05, 3.63) is 30.1 Å². The van der Waals surface area contributed by atoms with Gasteiger partial charge in [-0.2, -0.15) is 5.10 Å². The van der Waals surface area contributed by atoms with Crippen LogP contribution in [0.3, 0.4) is 0 Å². The lowest BCUT2D eigenvalue weighted by molar-refractivity contribution is 0.0955. The van der Waals surface area contributed by atoms with E-state index < -0.39 is 10.0 Å². The number of H-pyrrole nitrogens is 1. The maximum Gasteiger partial charge on any atom is 0.267 e. The quantitative estimate of drug-likeness (QED) is 0.652. The second-order valence-corrected chi connectivity index (χ2v) is 5.77. The zero-order chi connectivity index (χ0) is 14.8. The number of aryl methyl sites for hydroxylation is 1. The van der Waals surface area contributed by atoms with Gasteiger partial charge in [-0.15, -0.1) is 0 Å². The summed E-state index contributed by atoms with van der Waals surface area (Å²) in [6, 6.07) is 1.31. The van der Waals surface area contributed by atoms with Crippen molar-refractivity contribution in [2.24, 2.45) is 7.05 Å². The molecule has 0 radical (unpaired) electrons. The minimum absolute atomic E-state index is 0.00741. The number of carbonyl (C=O) groups excluding carboxylic acids is 1. The van der Waals surface area contributed by atoms with Crippen LogP contribution >= 0.6 is 0 Å². The van der Waals surface area contributed by atoms with Crippen molar-refractivity contribution in [1.29, 1.82) is 0 Å². The van der Waals surface area contributed by atoms with Crippen LogP contribution < -0.4 is 10.0 Å². The Morgan fingerprint density at radius 1 is 1.50 bits per heavy atom. The molecule has 0 bridgehead atoms. The standard InChI is InChI=1S/C10H14N6O3S/c1-11-10(17)8-3-7(5-16(8)2)20(18,19)14-4-9-12-6-13-15-9/h3,5-6,14H,4H2,1-2H3,(H,11,17)(H,12,13,15). The van der Waals surface area contributed by atoms with Gasteiger partial charge in [0.2, 0.25) is 10.0 Å². The minimum Gasteiger partial charge on any atom is -0.354 e. The highest BCUT2D eigenvalue weighted by atomic mass is 32.2. The molecule has 0 aliphatic carbocycles. The van der Waals surface area contributed by atoms with Crippen LogP contribution in [0.25, 0.3) is 0 Å². The van der Waals surface area contributed by atoms with Crippen LogP contribution in [0.4, 0.5) is 0 Å². The number of rotatable bonds is 5. The number of carbonyl (C=O) groups is 1. The fourth-order valence-corrected chi connectivity index (χ4v) is 2.65. The molecule has 0 atom stereocenters. The van der Waals surface area contributed by atoms with Gasteiger partial charge in [0.25, 0.3) is 5.91 Å². The summed E-state index contributed by atoms with van der Waals surface area (Å²) in [6.45, 7) is -0.00741. The molecule has 0 aliphatic rings. The Balaban J connectivity index is 2.19. The Morgan fingerprint density at radius 2 is 2.25 bits per heavy atom. The molecule has 108 valence electrons. The average molecular weight is 298 g/mol. The first-order chi connectivity index (χ1) is 9.44. The fourth-order valence-electron chi connectivity index (χ4n) is 1.60. The number of hydrogen-bond donors (Lipinski definition) is 3. The van der Waals surface area contributed by atoms with Crippen LogP contribution in [-0.2, 0) is 23.6 Å². The molecule has 0 spiro atoms. The zero-order valence-electron chi connectivity index (χ0n) is 10.9. The number of sulfonamides is 1. The van der Waals surface area contributed by atoms with Crippen molar-refractivity contribution in [1.82, 2.24) is 29.8 Å². The molecule has 0 saturated carbocycles. The van der Waals surface area contributed by atoms with Gasteiger partial charge in [0.1, 0.15) is 22.7 Å². The van der Waals surface area contributed by atoms with Crippen molar-refractivity contribution in [2.45, 2.75) is 11.4 Å². The van der Waals surface area contributed by atoms with Crippen molar-refractivity contribution < 1.29 is 13.2 Å². The maximum absolute atomic E-state index is 12.1. The van der Waals surface area contributed by atoms with E-state index in [2.05, 4.69) is 25.2 Å². The van der Waals surface area contributed by atoms with Gasteiger partial charge in [-0.05, 0) is 6.07 Å². The summed E-state index contributed by atoms with van der Waals surface area (Å²) >= 11 is 0. The molecule has 0 unspecified atom stereocenters. The predicted molar refractivity (Wildman–Crippen MR) is 69.2 cm³/mol. The van der Waals surface area contributed by atoms with E-state index in [4.69, 9.17) is 0 Å². The molecular formula is C10H14N6O3S.